The first-order valence-electron chi connectivity index (χ1n) is 5.34. The summed E-state index contributed by atoms with van der Waals surface area (Å²) >= 11 is 0. The highest BCUT2D eigenvalue weighted by molar-refractivity contribution is 5.44. The van der Waals surface area contributed by atoms with Gasteiger partial charge in [0, 0.05) is 24.8 Å². The third-order valence-corrected chi connectivity index (χ3v) is 2.47. The van der Waals surface area contributed by atoms with Crippen molar-refractivity contribution in [1.82, 2.24) is 0 Å². The SMILES string of the molecule is COCC(N)Cc1ccc(C(F)(F)F)cc1[N+](=O)[O-]. The molecule has 1 rings (SSSR count). The van der Waals surface area contributed by atoms with Crippen LogP contribution in [0.15, 0.2) is 18.2 Å². The second kappa shape index (κ2) is 5.98. The number of nitrogens with two attached hydrogens (primary N) is 1. The molecule has 1 aromatic rings. The molecule has 106 valence electrons. The van der Waals surface area contributed by atoms with E-state index in [1.54, 1.807) is 0 Å². The maximum absolute atomic E-state index is 12.5. The average Bonchev–Trinajstić information content (AvgIpc) is 2.27. The fraction of sp³-hybridized carbons (Fsp3) is 0.455. The van der Waals surface area contributed by atoms with Crippen molar-refractivity contribution in [3.63, 3.8) is 0 Å². The molecule has 1 aromatic carbocycles. The highest BCUT2D eigenvalue weighted by Gasteiger charge is 2.33. The molecular formula is C11H13F3N2O3. The van der Waals surface area contributed by atoms with E-state index in [1.165, 1.54) is 7.11 Å². The van der Waals surface area contributed by atoms with Gasteiger partial charge in [0.1, 0.15) is 0 Å². The molecule has 0 bridgehead atoms. The van der Waals surface area contributed by atoms with E-state index in [0.717, 1.165) is 12.1 Å². The monoisotopic (exact) mass is 278 g/mol. The Hall–Kier alpha value is -1.67. The largest absolute Gasteiger partial charge is 0.416 e. The molecule has 0 heterocycles. The fourth-order valence-electron chi connectivity index (χ4n) is 1.64. The number of halogens is 3. The van der Waals surface area contributed by atoms with Gasteiger partial charge >= 0.3 is 6.18 Å². The molecule has 0 saturated carbocycles. The summed E-state index contributed by atoms with van der Waals surface area (Å²) in [6.45, 7) is 0.165. The average molecular weight is 278 g/mol. The van der Waals surface area contributed by atoms with Crippen LogP contribution in [0.4, 0.5) is 18.9 Å². The summed E-state index contributed by atoms with van der Waals surface area (Å²) < 4.78 is 42.2. The second-order valence-electron chi connectivity index (χ2n) is 4.02. The van der Waals surface area contributed by atoms with Crippen LogP contribution in [-0.2, 0) is 17.3 Å². The van der Waals surface area contributed by atoms with Crippen LogP contribution < -0.4 is 5.73 Å². The molecule has 0 aromatic heterocycles. The first-order chi connectivity index (χ1) is 8.75. The number of methoxy groups -OCH3 is 1. The van der Waals surface area contributed by atoms with E-state index in [-0.39, 0.29) is 18.6 Å². The predicted molar refractivity (Wildman–Crippen MR) is 61.7 cm³/mol. The molecule has 0 amide bonds. The molecule has 1 atom stereocenters. The molecule has 1 unspecified atom stereocenters. The molecule has 0 saturated heterocycles. The van der Waals surface area contributed by atoms with Gasteiger partial charge in [-0.1, -0.05) is 6.07 Å². The van der Waals surface area contributed by atoms with Crippen molar-refractivity contribution in [2.45, 2.75) is 18.6 Å². The number of hydrogen-bond donors (Lipinski definition) is 1. The number of rotatable bonds is 5. The van der Waals surface area contributed by atoms with Gasteiger partial charge in [0.05, 0.1) is 17.1 Å². The van der Waals surface area contributed by atoms with Crippen molar-refractivity contribution >= 4 is 5.69 Å². The van der Waals surface area contributed by atoms with Crippen molar-refractivity contribution in [2.24, 2.45) is 5.73 Å². The summed E-state index contributed by atoms with van der Waals surface area (Å²) in [7, 11) is 1.42. The Morgan fingerprint density at radius 3 is 2.58 bits per heavy atom. The highest BCUT2D eigenvalue weighted by atomic mass is 19.4. The van der Waals surface area contributed by atoms with Crippen LogP contribution in [0.3, 0.4) is 0 Å². The maximum Gasteiger partial charge on any atom is 0.416 e. The zero-order valence-electron chi connectivity index (χ0n) is 10.1. The third-order valence-electron chi connectivity index (χ3n) is 2.47. The van der Waals surface area contributed by atoms with Crippen LogP contribution >= 0.6 is 0 Å². The van der Waals surface area contributed by atoms with Gasteiger partial charge in [-0.2, -0.15) is 13.2 Å². The Morgan fingerprint density at radius 1 is 1.47 bits per heavy atom. The van der Waals surface area contributed by atoms with Crippen LogP contribution in [0, 0.1) is 10.1 Å². The third kappa shape index (κ3) is 4.18. The molecule has 8 heteroatoms. The molecule has 0 radical (unpaired) electrons. The van der Waals surface area contributed by atoms with Gasteiger partial charge in [0.15, 0.2) is 0 Å². The van der Waals surface area contributed by atoms with Crippen LogP contribution in [-0.4, -0.2) is 24.7 Å². The number of alkyl halides is 3. The normalized spacial score (nSPS) is 13.3. The first kappa shape index (κ1) is 15.4. The fourth-order valence-corrected chi connectivity index (χ4v) is 1.64. The minimum atomic E-state index is -4.61. The lowest BCUT2D eigenvalue weighted by Gasteiger charge is -2.12. The smallest absolute Gasteiger partial charge is 0.383 e. The summed E-state index contributed by atoms with van der Waals surface area (Å²) in [5.41, 5.74) is 4.16. The van der Waals surface area contributed by atoms with Crippen LogP contribution in [0.25, 0.3) is 0 Å². The highest BCUT2D eigenvalue weighted by Crippen LogP contribution is 2.33. The minimum absolute atomic E-state index is 0.0717. The first-order valence-corrected chi connectivity index (χ1v) is 5.34. The second-order valence-corrected chi connectivity index (χ2v) is 4.02. The standard InChI is InChI=1S/C11H13F3N2O3/c1-19-6-9(15)4-7-2-3-8(11(12,13)14)5-10(7)16(17)18/h2-3,5,9H,4,6,15H2,1H3. The van der Waals surface area contributed by atoms with Gasteiger partial charge in [-0.05, 0) is 12.5 Å². The lowest BCUT2D eigenvalue weighted by Crippen LogP contribution is -2.28. The van der Waals surface area contributed by atoms with E-state index >= 15 is 0 Å². The summed E-state index contributed by atoms with van der Waals surface area (Å²) in [5, 5.41) is 10.8. The van der Waals surface area contributed by atoms with Gasteiger partial charge in [0.2, 0.25) is 0 Å². The summed E-state index contributed by atoms with van der Waals surface area (Å²) in [4.78, 5) is 9.96. The number of nitro benzene ring substituents is 1. The van der Waals surface area contributed by atoms with Gasteiger partial charge in [-0.15, -0.1) is 0 Å². The van der Waals surface area contributed by atoms with E-state index in [9.17, 15) is 23.3 Å². The number of nitrogens with zero attached hydrogens (tertiary/aromatic N) is 1. The lowest BCUT2D eigenvalue weighted by atomic mass is 10.0. The molecule has 5 nitrogen and oxygen atoms in total. The number of hydrogen-bond acceptors (Lipinski definition) is 4. The maximum atomic E-state index is 12.5. The topological polar surface area (TPSA) is 78.4 Å². The Labute approximate surface area is 107 Å². The molecule has 0 aliphatic carbocycles. The van der Waals surface area contributed by atoms with Gasteiger partial charge in [0.25, 0.3) is 5.69 Å². The quantitative estimate of drug-likeness (QED) is 0.661. The van der Waals surface area contributed by atoms with Crippen LogP contribution in [0.1, 0.15) is 11.1 Å². The molecule has 0 aliphatic heterocycles. The zero-order valence-corrected chi connectivity index (χ0v) is 10.1. The molecular weight excluding hydrogens is 265 g/mol. The summed E-state index contributed by atoms with van der Waals surface area (Å²) in [6, 6.07) is 1.90. The molecule has 2 N–H and O–H groups in total. The van der Waals surface area contributed by atoms with Gasteiger partial charge < -0.3 is 10.5 Å². The number of benzene rings is 1. The van der Waals surface area contributed by atoms with E-state index < -0.39 is 28.4 Å². The van der Waals surface area contributed by atoms with Gasteiger partial charge in [-0.25, -0.2) is 0 Å². The van der Waals surface area contributed by atoms with E-state index in [4.69, 9.17) is 10.5 Å². The van der Waals surface area contributed by atoms with Crippen molar-refractivity contribution in [1.29, 1.82) is 0 Å². The number of ether oxygens (including phenoxy) is 1. The summed E-state index contributed by atoms with van der Waals surface area (Å²) in [6.07, 6.45) is -4.54. The molecule has 19 heavy (non-hydrogen) atoms. The molecule has 0 fully saturated rings. The Bertz CT molecular complexity index is 463. The zero-order chi connectivity index (χ0) is 14.6. The Kier molecular flexibility index (Phi) is 4.84. The predicted octanol–water partition coefficient (Wildman–Crippen LogP) is 2.13. The van der Waals surface area contributed by atoms with Crippen molar-refractivity contribution < 1.29 is 22.8 Å². The minimum Gasteiger partial charge on any atom is -0.383 e. The van der Waals surface area contributed by atoms with E-state index in [0.29, 0.717) is 6.07 Å². The Morgan fingerprint density at radius 2 is 2.11 bits per heavy atom. The van der Waals surface area contributed by atoms with Crippen molar-refractivity contribution in [3.05, 3.63) is 39.4 Å². The van der Waals surface area contributed by atoms with Gasteiger partial charge in [-0.3, -0.25) is 10.1 Å². The van der Waals surface area contributed by atoms with Crippen molar-refractivity contribution in [3.8, 4) is 0 Å². The molecule has 0 aliphatic rings. The van der Waals surface area contributed by atoms with Crippen molar-refractivity contribution in [2.75, 3.05) is 13.7 Å². The number of nitro groups is 1. The van der Waals surface area contributed by atoms with Crippen LogP contribution in [0.5, 0.6) is 0 Å². The Balaban J connectivity index is 3.09. The van der Waals surface area contributed by atoms with E-state index in [2.05, 4.69) is 0 Å². The van der Waals surface area contributed by atoms with Crippen LogP contribution in [0.2, 0.25) is 0 Å². The molecule has 0 spiro atoms. The van der Waals surface area contributed by atoms with E-state index in [1.807, 2.05) is 0 Å². The summed E-state index contributed by atoms with van der Waals surface area (Å²) in [5.74, 6) is 0. The lowest BCUT2D eigenvalue weighted by molar-refractivity contribution is -0.385.